The van der Waals surface area contributed by atoms with Crippen molar-refractivity contribution < 1.29 is 22.3 Å². The fraction of sp³-hybridized carbons (Fsp3) is 0.400. The van der Waals surface area contributed by atoms with Crippen molar-refractivity contribution in [3.63, 3.8) is 0 Å². The van der Waals surface area contributed by atoms with Crippen LogP contribution in [0.5, 0.6) is 5.75 Å². The third-order valence-electron chi connectivity index (χ3n) is 2.16. The first-order chi connectivity index (χ1) is 7.78. The Morgan fingerprint density at radius 2 is 1.82 bits per heavy atom. The van der Waals surface area contributed by atoms with E-state index >= 15 is 0 Å². The number of phenolic OH excluding ortho intramolecular Hbond substituents is 1. The maximum atomic E-state index is 10.7. The lowest BCUT2D eigenvalue weighted by molar-refractivity contribution is 0.0592. The van der Waals surface area contributed by atoms with Crippen molar-refractivity contribution >= 4 is 10.4 Å². The number of hydrogen-bond donors (Lipinski definition) is 2. The normalized spacial score (nSPS) is 13.9. The maximum absolute atomic E-state index is 10.7. The molecular weight excluding hydrogens is 246 g/mol. The number of nitrogens with zero attached hydrogens (tertiary/aromatic N) is 1. The van der Waals surface area contributed by atoms with Crippen molar-refractivity contribution in [3.8, 4) is 5.75 Å². The summed E-state index contributed by atoms with van der Waals surface area (Å²) in [6, 6.07) is 6.30. The van der Waals surface area contributed by atoms with Crippen LogP contribution >= 0.6 is 0 Å². The van der Waals surface area contributed by atoms with Crippen LogP contribution in [0.25, 0.3) is 0 Å². The Morgan fingerprint density at radius 3 is 2.24 bits per heavy atom. The summed E-state index contributed by atoms with van der Waals surface area (Å²) in [6.07, 6.45) is -0.526. The molecule has 0 fully saturated rings. The molecule has 0 saturated heterocycles. The van der Waals surface area contributed by atoms with Crippen LogP contribution in [-0.4, -0.2) is 43.3 Å². The van der Waals surface area contributed by atoms with E-state index in [4.69, 9.17) is 9.66 Å². The average molecular weight is 261 g/mol. The summed E-state index contributed by atoms with van der Waals surface area (Å²) in [7, 11) is -1.22. The molecule has 0 heterocycles. The van der Waals surface area contributed by atoms with Crippen molar-refractivity contribution in [2.24, 2.45) is 0 Å². The maximum Gasteiger partial charge on any atom is 0.398 e. The molecule has 0 aliphatic rings. The predicted molar refractivity (Wildman–Crippen MR) is 61.9 cm³/mol. The van der Waals surface area contributed by atoms with Crippen molar-refractivity contribution in [2.45, 2.75) is 12.6 Å². The molecule has 0 amide bonds. The SMILES string of the molecule is CN(C)C(Cc1ccc(O)cc1)OS(=O)(=O)O. The van der Waals surface area contributed by atoms with Crippen LogP contribution in [0.15, 0.2) is 24.3 Å². The molecule has 1 rings (SSSR count). The number of likely N-dealkylation sites (N-methyl/N-ethyl adjacent to an activating group) is 1. The first kappa shape index (κ1) is 13.9. The van der Waals surface area contributed by atoms with Crippen LogP contribution in [0.1, 0.15) is 5.56 Å². The van der Waals surface area contributed by atoms with Gasteiger partial charge in [-0.05, 0) is 31.8 Å². The number of benzene rings is 1. The topological polar surface area (TPSA) is 87.1 Å². The summed E-state index contributed by atoms with van der Waals surface area (Å²) in [5.41, 5.74) is 0.783. The minimum absolute atomic E-state index is 0.130. The van der Waals surface area contributed by atoms with E-state index in [0.717, 1.165) is 5.56 Å². The van der Waals surface area contributed by atoms with Gasteiger partial charge in [-0.2, -0.15) is 8.42 Å². The highest BCUT2D eigenvalue weighted by molar-refractivity contribution is 7.80. The smallest absolute Gasteiger partial charge is 0.398 e. The van der Waals surface area contributed by atoms with Crippen LogP contribution in [0.4, 0.5) is 0 Å². The van der Waals surface area contributed by atoms with Gasteiger partial charge in [0.2, 0.25) is 0 Å². The van der Waals surface area contributed by atoms with Gasteiger partial charge in [-0.3, -0.25) is 9.45 Å². The summed E-state index contributed by atoms with van der Waals surface area (Å²) < 4.78 is 34.5. The zero-order valence-electron chi connectivity index (χ0n) is 9.57. The van der Waals surface area contributed by atoms with Crippen molar-refractivity contribution in [3.05, 3.63) is 29.8 Å². The second kappa shape index (κ2) is 5.46. The highest BCUT2D eigenvalue weighted by atomic mass is 32.3. The lowest BCUT2D eigenvalue weighted by Gasteiger charge is -2.22. The van der Waals surface area contributed by atoms with E-state index in [1.165, 1.54) is 17.0 Å². The molecule has 1 unspecified atom stereocenters. The van der Waals surface area contributed by atoms with Gasteiger partial charge >= 0.3 is 10.4 Å². The molecule has 0 aromatic heterocycles. The molecule has 0 radical (unpaired) electrons. The van der Waals surface area contributed by atoms with Gasteiger partial charge in [-0.15, -0.1) is 0 Å². The molecule has 1 aromatic carbocycles. The van der Waals surface area contributed by atoms with Gasteiger partial charge in [-0.1, -0.05) is 12.1 Å². The second-order valence-corrected chi connectivity index (χ2v) is 4.86. The quantitative estimate of drug-likeness (QED) is 0.597. The fourth-order valence-corrected chi connectivity index (χ4v) is 1.80. The third kappa shape index (κ3) is 5.14. The first-order valence-corrected chi connectivity index (χ1v) is 6.24. The highest BCUT2D eigenvalue weighted by Crippen LogP contribution is 2.14. The Labute approximate surface area is 100 Å². The molecule has 0 saturated carbocycles. The zero-order chi connectivity index (χ0) is 13.1. The van der Waals surface area contributed by atoms with E-state index in [9.17, 15) is 8.42 Å². The Kier molecular flexibility index (Phi) is 4.47. The number of rotatable bonds is 5. The molecule has 1 atom stereocenters. The molecule has 7 heteroatoms. The van der Waals surface area contributed by atoms with Gasteiger partial charge in [0.05, 0.1) is 0 Å². The Morgan fingerprint density at radius 1 is 1.29 bits per heavy atom. The van der Waals surface area contributed by atoms with Crippen LogP contribution in [0.2, 0.25) is 0 Å². The molecule has 17 heavy (non-hydrogen) atoms. The van der Waals surface area contributed by atoms with Crippen molar-refractivity contribution in [1.82, 2.24) is 4.90 Å². The summed E-state index contributed by atoms with van der Waals surface area (Å²) >= 11 is 0. The minimum Gasteiger partial charge on any atom is -0.508 e. The van der Waals surface area contributed by atoms with E-state index in [-0.39, 0.29) is 12.2 Å². The number of hydrogen-bond acceptors (Lipinski definition) is 5. The van der Waals surface area contributed by atoms with E-state index in [0.29, 0.717) is 0 Å². The number of phenols is 1. The second-order valence-electron chi connectivity index (χ2n) is 3.81. The zero-order valence-corrected chi connectivity index (χ0v) is 10.4. The number of aromatic hydroxyl groups is 1. The molecule has 6 nitrogen and oxygen atoms in total. The molecule has 1 aromatic rings. The van der Waals surface area contributed by atoms with Crippen LogP contribution in [-0.2, 0) is 21.0 Å². The fourth-order valence-electron chi connectivity index (χ4n) is 1.28. The molecule has 0 spiro atoms. The van der Waals surface area contributed by atoms with Gasteiger partial charge < -0.3 is 5.11 Å². The standard InChI is InChI=1S/C10H15NO5S/c1-11(2)10(16-17(13,14)15)7-8-3-5-9(12)6-4-8/h3-6,10,12H,7H2,1-2H3,(H,13,14,15). The average Bonchev–Trinajstić information content (AvgIpc) is 2.18. The third-order valence-corrected chi connectivity index (χ3v) is 2.62. The lowest BCUT2D eigenvalue weighted by Crippen LogP contribution is -2.34. The minimum atomic E-state index is -4.49. The van der Waals surface area contributed by atoms with E-state index in [1.54, 1.807) is 26.2 Å². The lowest BCUT2D eigenvalue weighted by atomic mass is 10.1. The van der Waals surface area contributed by atoms with Crippen LogP contribution in [0.3, 0.4) is 0 Å². The van der Waals surface area contributed by atoms with Crippen molar-refractivity contribution in [2.75, 3.05) is 14.1 Å². The molecule has 0 aliphatic heterocycles. The highest BCUT2D eigenvalue weighted by Gasteiger charge is 2.19. The summed E-state index contributed by atoms with van der Waals surface area (Å²) in [6.45, 7) is 0. The van der Waals surface area contributed by atoms with Gasteiger partial charge in [0.25, 0.3) is 0 Å². The summed E-state index contributed by atoms with van der Waals surface area (Å²) in [4.78, 5) is 1.53. The summed E-state index contributed by atoms with van der Waals surface area (Å²) in [5, 5.41) is 9.11. The molecule has 0 aliphatic carbocycles. The van der Waals surface area contributed by atoms with Crippen molar-refractivity contribution in [1.29, 1.82) is 0 Å². The monoisotopic (exact) mass is 261 g/mol. The molecule has 96 valence electrons. The van der Waals surface area contributed by atoms with E-state index < -0.39 is 16.6 Å². The largest absolute Gasteiger partial charge is 0.508 e. The molecule has 2 N–H and O–H groups in total. The van der Waals surface area contributed by atoms with Crippen LogP contribution < -0.4 is 0 Å². The molecule has 0 bridgehead atoms. The molecular formula is C10H15NO5S. The Hall–Kier alpha value is -1.15. The first-order valence-electron chi connectivity index (χ1n) is 4.88. The predicted octanol–water partition coefficient (Wildman–Crippen LogP) is 0.642. The van der Waals surface area contributed by atoms with Crippen LogP contribution in [0, 0.1) is 0 Å². The van der Waals surface area contributed by atoms with Gasteiger partial charge in [0.15, 0.2) is 0 Å². The Bertz CT molecular complexity index is 454. The van der Waals surface area contributed by atoms with E-state index in [2.05, 4.69) is 4.18 Å². The van der Waals surface area contributed by atoms with Gasteiger partial charge in [0.1, 0.15) is 12.0 Å². The van der Waals surface area contributed by atoms with Gasteiger partial charge in [0, 0.05) is 6.42 Å². The van der Waals surface area contributed by atoms with E-state index in [1.807, 2.05) is 0 Å². The Balaban J connectivity index is 2.77. The van der Waals surface area contributed by atoms with Gasteiger partial charge in [-0.25, -0.2) is 4.18 Å². The summed E-state index contributed by atoms with van der Waals surface area (Å²) in [5.74, 6) is 0.130.